The van der Waals surface area contributed by atoms with Crippen molar-refractivity contribution >= 4 is 17.3 Å². The highest BCUT2D eigenvalue weighted by atomic mass is 35.5. The minimum Gasteiger partial charge on any atom is -0.476 e. The van der Waals surface area contributed by atoms with Gasteiger partial charge in [-0.05, 0) is 18.5 Å². The predicted octanol–water partition coefficient (Wildman–Crippen LogP) is 2.22. The van der Waals surface area contributed by atoms with Gasteiger partial charge in [0.1, 0.15) is 6.61 Å². The molecular weight excluding hydrogens is 340 g/mol. The van der Waals surface area contributed by atoms with E-state index in [0.29, 0.717) is 36.2 Å². The highest BCUT2D eigenvalue weighted by Gasteiger charge is 2.18. The van der Waals surface area contributed by atoms with Crippen molar-refractivity contribution in [1.82, 2.24) is 9.88 Å². The largest absolute Gasteiger partial charge is 0.476 e. The summed E-state index contributed by atoms with van der Waals surface area (Å²) >= 11 is 6.25. The summed E-state index contributed by atoms with van der Waals surface area (Å²) in [6, 6.07) is 1.97. The maximum Gasteiger partial charge on any atom is 0.215 e. The van der Waals surface area contributed by atoms with Gasteiger partial charge in [-0.1, -0.05) is 18.5 Å². The summed E-state index contributed by atoms with van der Waals surface area (Å²) in [7, 11) is 3.73. The molecule has 140 valence electrons. The van der Waals surface area contributed by atoms with Gasteiger partial charge in [-0.3, -0.25) is 0 Å². The van der Waals surface area contributed by atoms with Gasteiger partial charge in [0.15, 0.2) is 0 Å². The molecule has 0 spiro atoms. The highest BCUT2D eigenvalue weighted by molar-refractivity contribution is 6.30. The molecule has 0 radical (unpaired) electrons. The van der Waals surface area contributed by atoms with Crippen LogP contribution in [-0.2, 0) is 11.2 Å². The molecule has 2 rings (SSSR count). The van der Waals surface area contributed by atoms with E-state index in [0.717, 1.165) is 43.9 Å². The Balaban J connectivity index is 1.91. The normalized spacial score (nSPS) is 14.7. The third kappa shape index (κ3) is 5.76. The maximum absolute atomic E-state index is 6.25. The van der Waals surface area contributed by atoms with E-state index in [1.165, 1.54) is 0 Å². The Morgan fingerprint density at radius 3 is 2.88 bits per heavy atom. The number of methoxy groups -OCH3 is 1. The lowest BCUT2D eigenvalue weighted by Gasteiger charge is -2.22. The molecule has 0 amide bonds. The molecule has 1 aromatic heterocycles. The summed E-state index contributed by atoms with van der Waals surface area (Å²) in [6.45, 7) is 7.04. The minimum absolute atomic E-state index is 0.609. The van der Waals surface area contributed by atoms with Crippen LogP contribution in [0.4, 0.5) is 5.69 Å². The van der Waals surface area contributed by atoms with Crippen LogP contribution >= 0.6 is 11.6 Å². The van der Waals surface area contributed by atoms with Crippen molar-refractivity contribution in [2.45, 2.75) is 19.8 Å². The SMILES string of the molecule is CCN(CCCOC)CCOc1cc2c(cn1)CC(Cl)=C(N)CN2C. The molecule has 0 saturated heterocycles. The van der Waals surface area contributed by atoms with E-state index in [1.807, 2.05) is 19.3 Å². The molecule has 0 unspecified atom stereocenters. The van der Waals surface area contributed by atoms with Crippen molar-refractivity contribution in [1.29, 1.82) is 0 Å². The predicted molar refractivity (Wildman–Crippen MR) is 102 cm³/mol. The monoisotopic (exact) mass is 368 g/mol. The molecule has 1 aliphatic rings. The third-order valence-corrected chi connectivity index (χ3v) is 4.75. The fraction of sp³-hybridized carbons (Fsp3) is 0.611. The molecular formula is C18H29ClN4O2. The van der Waals surface area contributed by atoms with Gasteiger partial charge in [-0.2, -0.15) is 0 Å². The number of hydrogen-bond donors (Lipinski definition) is 1. The van der Waals surface area contributed by atoms with Crippen LogP contribution in [0.15, 0.2) is 23.0 Å². The number of likely N-dealkylation sites (N-methyl/N-ethyl adjacent to an activating group) is 2. The van der Waals surface area contributed by atoms with Gasteiger partial charge in [-0.25, -0.2) is 4.98 Å². The fourth-order valence-electron chi connectivity index (χ4n) is 2.87. The van der Waals surface area contributed by atoms with Gasteiger partial charge < -0.3 is 25.0 Å². The van der Waals surface area contributed by atoms with Gasteiger partial charge in [0.2, 0.25) is 5.88 Å². The summed E-state index contributed by atoms with van der Waals surface area (Å²) in [5, 5.41) is 0.690. The highest BCUT2D eigenvalue weighted by Crippen LogP contribution is 2.30. The molecule has 0 bridgehead atoms. The van der Waals surface area contributed by atoms with Crippen LogP contribution in [0.2, 0.25) is 0 Å². The van der Waals surface area contributed by atoms with Gasteiger partial charge >= 0.3 is 0 Å². The van der Waals surface area contributed by atoms with Crippen molar-refractivity contribution in [2.75, 3.05) is 58.5 Å². The van der Waals surface area contributed by atoms with Gasteiger partial charge in [0, 0.05) is 69.0 Å². The van der Waals surface area contributed by atoms with Crippen LogP contribution in [0, 0.1) is 0 Å². The third-order valence-electron chi connectivity index (χ3n) is 4.38. The fourth-order valence-corrected chi connectivity index (χ4v) is 3.08. The van der Waals surface area contributed by atoms with Crippen LogP contribution in [0.25, 0.3) is 0 Å². The van der Waals surface area contributed by atoms with Gasteiger partial charge in [0.05, 0.1) is 6.54 Å². The lowest BCUT2D eigenvalue weighted by atomic mass is 10.1. The first kappa shape index (κ1) is 19.8. The summed E-state index contributed by atoms with van der Waals surface area (Å²) in [5.41, 5.74) is 8.84. The molecule has 2 heterocycles. The molecule has 0 aromatic carbocycles. The Bertz CT molecular complexity index is 594. The Morgan fingerprint density at radius 1 is 1.36 bits per heavy atom. The summed E-state index contributed by atoms with van der Waals surface area (Å²) in [6.07, 6.45) is 3.48. The minimum atomic E-state index is 0.609. The molecule has 25 heavy (non-hydrogen) atoms. The number of nitrogens with zero attached hydrogens (tertiary/aromatic N) is 3. The van der Waals surface area contributed by atoms with Crippen LogP contribution in [0.3, 0.4) is 0 Å². The van der Waals surface area contributed by atoms with Crippen LogP contribution in [0.1, 0.15) is 18.9 Å². The van der Waals surface area contributed by atoms with Crippen molar-refractivity contribution in [3.63, 3.8) is 0 Å². The quantitative estimate of drug-likeness (QED) is 0.674. The Labute approximate surface area is 155 Å². The van der Waals surface area contributed by atoms with E-state index in [4.69, 9.17) is 26.8 Å². The van der Waals surface area contributed by atoms with Crippen molar-refractivity contribution in [3.8, 4) is 5.88 Å². The summed E-state index contributed by atoms with van der Waals surface area (Å²) < 4.78 is 11.0. The first-order valence-electron chi connectivity index (χ1n) is 8.72. The standard InChI is InChI=1S/C18H29ClN4O2/c1-4-23(6-5-8-24-3)7-9-25-18-11-17-14(12-21-18)10-15(19)16(20)13-22(17)2/h11-12H,4-10,13,20H2,1-3H3. The second-order valence-electron chi connectivity index (χ2n) is 6.24. The van der Waals surface area contributed by atoms with Crippen LogP contribution < -0.4 is 15.4 Å². The molecule has 6 nitrogen and oxygen atoms in total. The second kappa shape index (κ2) is 9.85. The number of hydrogen-bond acceptors (Lipinski definition) is 6. The molecule has 2 N–H and O–H groups in total. The van der Waals surface area contributed by atoms with E-state index >= 15 is 0 Å². The molecule has 1 aliphatic heterocycles. The first-order chi connectivity index (χ1) is 12.0. The van der Waals surface area contributed by atoms with Crippen molar-refractivity contribution in [3.05, 3.63) is 28.6 Å². The first-order valence-corrected chi connectivity index (χ1v) is 9.10. The van der Waals surface area contributed by atoms with E-state index in [2.05, 4.69) is 21.7 Å². The average Bonchev–Trinajstić information content (AvgIpc) is 2.70. The molecule has 0 saturated carbocycles. The Kier molecular flexibility index (Phi) is 7.81. The van der Waals surface area contributed by atoms with E-state index in [-0.39, 0.29) is 0 Å². The molecule has 0 aliphatic carbocycles. The van der Waals surface area contributed by atoms with Crippen LogP contribution in [0.5, 0.6) is 5.88 Å². The molecule has 0 fully saturated rings. The van der Waals surface area contributed by atoms with Gasteiger partial charge in [0.25, 0.3) is 0 Å². The van der Waals surface area contributed by atoms with Crippen molar-refractivity contribution < 1.29 is 9.47 Å². The topological polar surface area (TPSA) is 63.9 Å². The second-order valence-corrected chi connectivity index (χ2v) is 6.70. The zero-order valence-corrected chi connectivity index (χ0v) is 16.2. The van der Waals surface area contributed by atoms with E-state index in [9.17, 15) is 0 Å². The number of halogens is 1. The molecule has 7 heteroatoms. The number of aromatic nitrogens is 1. The smallest absolute Gasteiger partial charge is 0.215 e. The lowest BCUT2D eigenvalue weighted by Crippen LogP contribution is -2.30. The van der Waals surface area contributed by atoms with E-state index < -0.39 is 0 Å². The number of rotatable bonds is 9. The lowest BCUT2D eigenvalue weighted by molar-refractivity contribution is 0.162. The van der Waals surface area contributed by atoms with Crippen molar-refractivity contribution in [2.24, 2.45) is 5.73 Å². The number of fused-ring (bicyclic) bond motifs is 1. The number of nitrogens with two attached hydrogens (primary N) is 1. The Morgan fingerprint density at radius 2 is 2.16 bits per heavy atom. The number of ether oxygens (including phenoxy) is 2. The molecule has 0 atom stereocenters. The molecule has 1 aromatic rings. The number of pyridine rings is 1. The maximum atomic E-state index is 6.25. The summed E-state index contributed by atoms with van der Waals surface area (Å²) in [5.74, 6) is 0.634. The summed E-state index contributed by atoms with van der Waals surface area (Å²) in [4.78, 5) is 8.84. The Hall–Kier alpha value is -1.50. The zero-order valence-electron chi connectivity index (χ0n) is 15.4. The van der Waals surface area contributed by atoms with Gasteiger partial charge in [-0.15, -0.1) is 0 Å². The van der Waals surface area contributed by atoms with E-state index in [1.54, 1.807) is 7.11 Å². The zero-order chi connectivity index (χ0) is 18.2. The average molecular weight is 369 g/mol. The number of anilines is 1. The van der Waals surface area contributed by atoms with Crippen LogP contribution in [-0.4, -0.2) is 63.4 Å². The number of allylic oxidation sites excluding steroid dienone is 1.